The maximum atomic E-state index is 13.5. The molecule has 2 atom stereocenters. The molecule has 1 aromatic heterocycles. The van der Waals surface area contributed by atoms with E-state index in [1.54, 1.807) is 30.3 Å². The molecule has 2 aliphatic rings. The third-order valence-electron chi connectivity index (χ3n) is 6.51. The maximum absolute atomic E-state index is 13.5. The molecule has 1 fully saturated rings. The number of amides is 3. The minimum absolute atomic E-state index is 0.169. The van der Waals surface area contributed by atoms with Gasteiger partial charge in [0.25, 0.3) is 0 Å². The van der Waals surface area contributed by atoms with Crippen molar-refractivity contribution >= 4 is 68.1 Å². The number of carbonyl (C=O) groups is 3. The number of aryl methyl sites for hydroxylation is 1. The van der Waals surface area contributed by atoms with Crippen LogP contribution in [0.25, 0.3) is 0 Å². The number of benzene rings is 2. The fourth-order valence-electron chi connectivity index (χ4n) is 4.66. The lowest BCUT2D eigenvalue weighted by molar-refractivity contribution is -0.123. The molecular weight excluding hydrogens is 550 g/mol. The number of thioether (sulfide) groups is 1. The van der Waals surface area contributed by atoms with Gasteiger partial charge in [0.1, 0.15) is 11.8 Å². The van der Waals surface area contributed by atoms with Crippen molar-refractivity contribution in [2.45, 2.75) is 43.0 Å². The highest BCUT2D eigenvalue weighted by atomic mass is 79.9. The molecule has 0 aliphatic carbocycles. The zero-order chi connectivity index (χ0) is 25.1. The van der Waals surface area contributed by atoms with E-state index in [0.717, 1.165) is 26.3 Å². The van der Waals surface area contributed by atoms with Gasteiger partial charge in [-0.15, -0.1) is 0 Å². The van der Waals surface area contributed by atoms with E-state index in [4.69, 9.17) is 0 Å². The van der Waals surface area contributed by atoms with E-state index < -0.39 is 16.6 Å². The summed E-state index contributed by atoms with van der Waals surface area (Å²) < 4.78 is 2.28. The molecular formula is C25H22BrN3O4S2. The molecule has 3 heterocycles. The quantitative estimate of drug-likeness (QED) is 0.464. The number of hydrogen-bond donors (Lipinski definition) is 1. The van der Waals surface area contributed by atoms with E-state index >= 15 is 0 Å². The van der Waals surface area contributed by atoms with Crippen LogP contribution in [0.5, 0.6) is 0 Å². The highest BCUT2D eigenvalue weighted by molar-refractivity contribution is 9.10. The SMILES string of the molecule is Cc1ccccc1NC(=O)Cn1c2c(sc1=O)C(C)(C)[C@H]1C(=O)N(c3ccc(Br)cc3)C(=O)[C@H]1S2. The minimum Gasteiger partial charge on any atom is -0.324 e. The van der Waals surface area contributed by atoms with Gasteiger partial charge in [0.05, 0.1) is 16.6 Å². The first kappa shape index (κ1) is 24.0. The second kappa shape index (κ2) is 8.76. The molecule has 0 spiro atoms. The average Bonchev–Trinajstić information content (AvgIpc) is 3.25. The number of anilines is 2. The first-order valence-electron chi connectivity index (χ1n) is 11.0. The Morgan fingerprint density at radius 1 is 1.06 bits per heavy atom. The molecule has 2 aromatic carbocycles. The average molecular weight is 573 g/mol. The lowest BCUT2D eigenvalue weighted by atomic mass is 9.76. The summed E-state index contributed by atoms with van der Waals surface area (Å²) in [5.41, 5.74) is 1.38. The van der Waals surface area contributed by atoms with Crippen LogP contribution >= 0.6 is 39.0 Å². The van der Waals surface area contributed by atoms with E-state index in [0.29, 0.717) is 16.4 Å². The highest BCUT2D eigenvalue weighted by Gasteiger charge is 2.59. The number of carbonyl (C=O) groups excluding carboxylic acids is 3. The molecule has 10 heteroatoms. The summed E-state index contributed by atoms with van der Waals surface area (Å²) in [6, 6.07) is 14.5. The van der Waals surface area contributed by atoms with Crippen LogP contribution in [0.3, 0.4) is 0 Å². The molecule has 2 aliphatic heterocycles. The van der Waals surface area contributed by atoms with Crippen molar-refractivity contribution in [2.24, 2.45) is 5.92 Å². The number of nitrogens with zero attached hydrogens (tertiary/aromatic N) is 2. The van der Waals surface area contributed by atoms with E-state index in [9.17, 15) is 19.2 Å². The zero-order valence-electron chi connectivity index (χ0n) is 19.2. The number of hydrogen-bond acceptors (Lipinski definition) is 6. The molecule has 0 saturated carbocycles. The highest BCUT2D eigenvalue weighted by Crippen LogP contribution is 2.54. The Morgan fingerprint density at radius 3 is 2.43 bits per heavy atom. The summed E-state index contributed by atoms with van der Waals surface area (Å²) in [5, 5.41) is 2.78. The number of thiazole rings is 1. The third kappa shape index (κ3) is 3.97. The van der Waals surface area contributed by atoms with Gasteiger partial charge in [0, 0.05) is 20.5 Å². The van der Waals surface area contributed by atoms with Crippen molar-refractivity contribution in [3.8, 4) is 0 Å². The zero-order valence-corrected chi connectivity index (χ0v) is 22.4. The molecule has 1 saturated heterocycles. The minimum atomic E-state index is -0.746. The summed E-state index contributed by atoms with van der Waals surface area (Å²) in [6.45, 7) is 5.52. The van der Waals surface area contributed by atoms with Crippen LogP contribution in [0.1, 0.15) is 24.3 Å². The van der Waals surface area contributed by atoms with E-state index in [-0.39, 0.29) is 29.1 Å². The molecule has 1 N–H and O–H groups in total. The van der Waals surface area contributed by atoms with Gasteiger partial charge in [0.15, 0.2) is 0 Å². The van der Waals surface area contributed by atoms with Crippen LogP contribution in [-0.2, 0) is 26.3 Å². The molecule has 5 rings (SSSR count). The van der Waals surface area contributed by atoms with Crippen LogP contribution in [0.4, 0.5) is 11.4 Å². The van der Waals surface area contributed by atoms with Gasteiger partial charge < -0.3 is 5.32 Å². The lowest BCUT2D eigenvalue weighted by Crippen LogP contribution is -2.41. The van der Waals surface area contributed by atoms with E-state index in [2.05, 4.69) is 21.2 Å². The van der Waals surface area contributed by atoms with Gasteiger partial charge >= 0.3 is 4.87 Å². The second-order valence-corrected chi connectivity index (χ2v) is 12.2. The number of halogens is 1. The molecule has 3 amide bonds. The normalized spacial score (nSPS) is 20.5. The number of nitrogens with one attached hydrogen (secondary N) is 1. The van der Waals surface area contributed by atoms with Gasteiger partial charge in [0.2, 0.25) is 17.7 Å². The van der Waals surface area contributed by atoms with Crippen molar-refractivity contribution in [3.63, 3.8) is 0 Å². The Balaban J connectivity index is 1.48. The summed E-state index contributed by atoms with van der Waals surface area (Å²) in [7, 11) is 0. The standard InChI is InChI=1S/C25H22BrN3O4S2/c1-13-6-4-5-7-16(13)27-17(30)12-28-23-20(35-24(28)33)25(2,3)18-19(34-23)22(32)29(21(18)31)15-10-8-14(26)9-11-15/h4-11,18-19H,12H2,1-3H3,(H,27,30)/t18-,19+/m1/s1. The van der Waals surface area contributed by atoms with Crippen LogP contribution in [-0.4, -0.2) is 27.5 Å². The predicted molar refractivity (Wildman–Crippen MR) is 141 cm³/mol. The molecule has 180 valence electrons. The van der Waals surface area contributed by atoms with Crippen LogP contribution < -0.4 is 15.1 Å². The predicted octanol–water partition coefficient (Wildman–Crippen LogP) is 4.56. The van der Waals surface area contributed by atoms with Crippen LogP contribution in [0.15, 0.2) is 62.8 Å². The first-order valence-corrected chi connectivity index (χ1v) is 13.5. The van der Waals surface area contributed by atoms with Gasteiger partial charge in [-0.1, -0.05) is 71.1 Å². The lowest BCUT2D eigenvalue weighted by Gasteiger charge is -2.36. The van der Waals surface area contributed by atoms with Gasteiger partial charge in [-0.05, 0) is 42.8 Å². The molecule has 7 nitrogen and oxygen atoms in total. The second-order valence-electron chi connectivity index (χ2n) is 9.18. The van der Waals surface area contributed by atoms with Gasteiger partial charge in [-0.3, -0.25) is 23.7 Å². The molecule has 0 radical (unpaired) electrons. The fourth-order valence-corrected chi connectivity index (χ4v) is 7.96. The summed E-state index contributed by atoms with van der Waals surface area (Å²) in [5.74, 6) is -1.51. The van der Waals surface area contributed by atoms with Crippen molar-refractivity contribution in [1.29, 1.82) is 0 Å². The Morgan fingerprint density at radius 2 is 1.74 bits per heavy atom. The van der Waals surface area contributed by atoms with Crippen molar-refractivity contribution in [3.05, 3.63) is 73.1 Å². The summed E-state index contributed by atoms with van der Waals surface area (Å²) >= 11 is 5.64. The fraction of sp³-hybridized carbons (Fsp3) is 0.280. The Labute approximate surface area is 218 Å². The van der Waals surface area contributed by atoms with Crippen molar-refractivity contribution in [1.82, 2.24) is 4.57 Å². The molecule has 0 bridgehead atoms. The topological polar surface area (TPSA) is 88.5 Å². The molecule has 3 aromatic rings. The van der Waals surface area contributed by atoms with E-state index in [1.165, 1.54) is 21.2 Å². The van der Waals surface area contributed by atoms with Crippen molar-refractivity contribution in [2.75, 3.05) is 10.2 Å². The monoisotopic (exact) mass is 571 g/mol. The van der Waals surface area contributed by atoms with Crippen molar-refractivity contribution < 1.29 is 14.4 Å². The van der Waals surface area contributed by atoms with Crippen LogP contribution in [0, 0.1) is 12.8 Å². The first-order chi connectivity index (χ1) is 16.6. The number of imide groups is 1. The Bertz CT molecular complexity index is 1430. The summed E-state index contributed by atoms with van der Waals surface area (Å²) in [6.07, 6.45) is 0. The summed E-state index contributed by atoms with van der Waals surface area (Å²) in [4.78, 5) is 54.5. The van der Waals surface area contributed by atoms with Crippen LogP contribution in [0.2, 0.25) is 0 Å². The smallest absolute Gasteiger partial charge is 0.308 e. The number of fused-ring (bicyclic) bond motifs is 2. The van der Waals surface area contributed by atoms with Gasteiger partial charge in [-0.25, -0.2) is 4.90 Å². The van der Waals surface area contributed by atoms with Gasteiger partial charge in [-0.2, -0.15) is 0 Å². The number of rotatable bonds is 4. The Hall–Kier alpha value is -2.69. The third-order valence-corrected chi connectivity index (χ3v) is 9.86. The largest absolute Gasteiger partial charge is 0.324 e. The molecule has 35 heavy (non-hydrogen) atoms. The maximum Gasteiger partial charge on any atom is 0.308 e. The number of para-hydroxylation sites is 1. The Kier molecular flexibility index (Phi) is 6.01. The van der Waals surface area contributed by atoms with E-state index in [1.807, 2.05) is 39.0 Å². The number of aromatic nitrogens is 1. The molecule has 0 unspecified atom stereocenters.